The van der Waals surface area contributed by atoms with E-state index < -0.39 is 23.7 Å². The van der Waals surface area contributed by atoms with Gasteiger partial charge in [-0.3, -0.25) is 4.79 Å². The number of hydrogen-bond donors (Lipinski definition) is 1. The van der Waals surface area contributed by atoms with Crippen molar-refractivity contribution in [2.75, 3.05) is 7.11 Å². The minimum atomic E-state index is -0.842. The van der Waals surface area contributed by atoms with Crippen LogP contribution in [0.1, 0.15) is 26.5 Å². The molecule has 2 N–H and O–H groups in total. The third-order valence-electron chi connectivity index (χ3n) is 3.15. The predicted molar refractivity (Wildman–Crippen MR) is 85.1 cm³/mol. The first-order valence-corrected chi connectivity index (χ1v) is 7.26. The van der Waals surface area contributed by atoms with Crippen LogP contribution in [-0.2, 0) is 20.7 Å². The topological polar surface area (TPSA) is 96.4 Å². The summed E-state index contributed by atoms with van der Waals surface area (Å²) in [6.45, 7) is 5.35. The molecule has 23 heavy (non-hydrogen) atoms. The SMILES string of the molecule is COC(=O)[C@@H](N)Cc1nn(C(=O)OC(C)(C)C)c2ccccc12. The lowest BCUT2D eigenvalue weighted by atomic mass is 10.1. The molecule has 0 saturated heterocycles. The van der Waals surface area contributed by atoms with Crippen LogP contribution in [0.3, 0.4) is 0 Å². The van der Waals surface area contributed by atoms with E-state index in [1.54, 1.807) is 32.9 Å². The van der Waals surface area contributed by atoms with E-state index in [-0.39, 0.29) is 6.42 Å². The van der Waals surface area contributed by atoms with Crippen LogP contribution in [0.25, 0.3) is 10.9 Å². The van der Waals surface area contributed by atoms with Gasteiger partial charge in [0.15, 0.2) is 0 Å². The highest BCUT2D eigenvalue weighted by molar-refractivity contribution is 5.90. The molecule has 0 aliphatic rings. The molecule has 0 aliphatic heterocycles. The lowest BCUT2D eigenvalue weighted by molar-refractivity contribution is -0.142. The molecule has 0 bridgehead atoms. The van der Waals surface area contributed by atoms with E-state index in [0.717, 1.165) is 5.39 Å². The Bertz CT molecular complexity index is 730. The van der Waals surface area contributed by atoms with Crippen LogP contribution in [0.4, 0.5) is 4.79 Å². The highest BCUT2D eigenvalue weighted by atomic mass is 16.6. The van der Waals surface area contributed by atoms with Gasteiger partial charge in [-0.05, 0) is 26.8 Å². The van der Waals surface area contributed by atoms with Crippen molar-refractivity contribution in [2.24, 2.45) is 5.73 Å². The van der Waals surface area contributed by atoms with Gasteiger partial charge in [-0.1, -0.05) is 18.2 Å². The number of carbonyl (C=O) groups excluding carboxylic acids is 2. The van der Waals surface area contributed by atoms with Crippen LogP contribution >= 0.6 is 0 Å². The van der Waals surface area contributed by atoms with Gasteiger partial charge >= 0.3 is 12.1 Å². The third-order valence-corrected chi connectivity index (χ3v) is 3.15. The van der Waals surface area contributed by atoms with Crippen molar-refractivity contribution in [1.29, 1.82) is 0 Å². The number of ether oxygens (including phenoxy) is 2. The van der Waals surface area contributed by atoms with E-state index in [9.17, 15) is 9.59 Å². The minimum absolute atomic E-state index is 0.170. The van der Waals surface area contributed by atoms with Gasteiger partial charge in [0.25, 0.3) is 0 Å². The molecule has 1 aromatic carbocycles. The molecule has 7 nitrogen and oxygen atoms in total. The summed E-state index contributed by atoms with van der Waals surface area (Å²) in [4.78, 5) is 23.8. The van der Waals surface area contributed by atoms with E-state index in [0.29, 0.717) is 11.2 Å². The van der Waals surface area contributed by atoms with Crippen molar-refractivity contribution in [3.05, 3.63) is 30.0 Å². The minimum Gasteiger partial charge on any atom is -0.468 e. The van der Waals surface area contributed by atoms with Crippen molar-refractivity contribution in [2.45, 2.75) is 38.8 Å². The number of benzene rings is 1. The maximum Gasteiger partial charge on any atom is 0.435 e. The third kappa shape index (κ3) is 3.87. The molecule has 0 spiro atoms. The summed E-state index contributed by atoms with van der Waals surface area (Å²) in [6.07, 6.45) is -0.408. The zero-order valence-electron chi connectivity index (χ0n) is 13.7. The Morgan fingerprint density at radius 2 is 1.96 bits per heavy atom. The molecule has 0 saturated carbocycles. The van der Waals surface area contributed by atoms with E-state index >= 15 is 0 Å². The summed E-state index contributed by atoms with van der Waals surface area (Å²) in [5.41, 5.74) is 6.32. The van der Waals surface area contributed by atoms with E-state index in [2.05, 4.69) is 9.84 Å². The molecule has 7 heteroatoms. The van der Waals surface area contributed by atoms with Gasteiger partial charge in [-0.2, -0.15) is 9.78 Å². The van der Waals surface area contributed by atoms with Gasteiger partial charge < -0.3 is 15.2 Å². The average molecular weight is 319 g/mol. The molecular formula is C16H21N3O4. The first-order chi connectivity index (χ1) is 10.7. The lowest BCUT2D eigenvalue weighted by Gasteiger charge is -2.19. The summed E-state index contributed by atoms with van der Waals surface area (Å²) < 4.78 is 11.2. The molecule has 1 atom stereocenters. The standard InChI is InChI=1S/C16H21N3O4/c1-16(2,3)23-15(21)19-13-8-6-5-7-10(13)12(18-19)9-11(17)14(20)22-4/h5-8,11H,9,17H2,1-4H3/t11-/m0/s1. The zero-order valence-corrected chi connectivity index (χ0v) is 13.7. The summed E-state index contributed by atoms with van der Waals surface area (Å²) in [5.74, 6) is -0.527. The Morgan fingerprint density at radius 3 is 2.57 bits per heavy atom. The van der Waals surface area contributed by atoms with Gasteiger partial charge in [0.2, 0.25) is 0 Å². The van der Waals surface area contributed by atoms with Crippen molar-refractivity contribution in [1.82, 2.24) is 9.78 Å². The van der Waals surface area contributed by atoms with Gasteiger partial charge in [0.1, 0.15) is 11.6 Å². The Morgan fingerprint density at radius 1 is 1.30 bits per heavy atom. The van der Waals surface area contributed by atoms with Crippen LogP contribution in [0, 0.1) is 0 Å². The van der Waals surface area contributed by atoms with Crippen molar-refractivity contribution in [3.8, 4) is 0 Å². The lowest BCUT2D eigenvalue weighted by Crippen LogP contribution is -2.34. The molecule has 2 rings (SSSR count). The monoisotopic (exact) mass is 319 g/mol. The van der Waals surface area contributed by atoms with Crippen molar-refractivity contribution in [3.63, 3.8) is 0 Å². The van der Waals surface area contributed by atoms with Crippen molar-refractivity contribution >= 4 is 23.0 Å². The molecule has 0 aliphatic carbocycles. The fourth-order valence-electron chi connectivity index (χ4n) is 2.17. The quantitative estimate of drug-likeness (QED) is 0.867. The van der Waals surface area contributed by atoms with Crippen LogP contribution in [0.5, 0.6) is 0 Å². The first kappa shape index (κ1) is 17.0. The largest absolute Gasteiger partial charge is 0.468 e. The molecular weight excluding hydrogens is 298 g/mol. The Hall–Kier alpha value is -2.41. The number of nitrogens with zero attached hydrogens (tertiary/aromatic N) is 2. The molecule has 0 amide bonds. The zero-order chi connectivity index (χ0) is 17.2. The van der Waals surface area contributed by atoms with Gasteiger partial charge in [-0.25, -0.2) is 4.79 Å². The number of methoxy groups -OCH3 is 1. The number of hydrogen-bond acceptors (Lipinski definition) is 6. The molecule has 2 aromatic rings. The van der Waals surface area contributed by atoms with E-state index in [1.165, 1.54) is 11.8 Å². The van der Waals surface area contributed by atoms with Gasteiger partial charge in [0, 0.05) is 11.8 Å². The molecule has 0 fully saturated rings. The molecule has 124 valence electrons. The Labute approximate surface area is 134 Å². The number of carbonyl (C=O) groups is 2. The molecule has 1 aromatic heterocycles. The second-order valence-electron chi connectivity index (χ2n) is 6.19. The second-order valence-corrected chi connectivity index (χ2v) is 6.19. The molecule has 0 radical (unpaired) electrons. The number of rotatable bonds is 3. The highest BCUT2D eigenvalue weighted by Gasteiger charge is 2.24. The van der Waals surface area contributed by atoms with Crippen LogP contribution in [-0.4, -0.2) is 40.6 Å². The fourth-order valence-corrected chi connectivity index (χ4v) is 2.17. The normalized spacial score (nSPS) is 12.9. The number of aromatic nitrogens is 2. The summed E-state index contributed by atoms with van der Waals surface area (Å²) in [7, 11) is 1.28. The second kappa shape index (κ2) is 6.37. The van der Waals surface area contributed by atoms with Crippen LogP contribution in [0.2, 0.25) is 0 Å². The Balaban J connectivity index is 2.40. The van der Waals surface area contributed by atoms with Crippen LogP contribution in [0.15, 0.2) is 24.3 Å². The average Bonchev–Trinajstić information content (AvgIpc) is 2.84. The predicted octanol–water partition coefficient (Wildman–Crippen LogP) is 1.86. The fraction of sp³-hybridized carbons (Fsp3) is 0.438. The number of fused-ring (bicyclic) bond motifs is 1. The van der Waals surface area contributed by atoms with E-state index in [1.807, 2.05) is 12.1 Å². The first-order valence-electron chi connectivity index (χ1n) is 7.26. The van der Waals surface area contributed by atoms with E-state index in [4.69, 9.17) is 10.5 Å². The van der Waals surface area contributed by atoms with Gasteiger partial charge in [-0.15, -0.1) is 0 Å². The number of esters is 1. The van der Waals surface area contributed by atoms with Crippen molar-refractivity contribution < 1.29 is 19.1 Å². The summed E-state index contributed by atoms with van der Waals surface area (Å²) in [6, 6.07) is 6.37. The molecule has 0 unspecified atom stereocenters. The van der Waals surface area contributed by atoms with Gasteiger partial charge in [0.05, 0.1) is 18.3 Å². The number of nitrogens with two attached hydrogens (primary N) is 1. The maximum absolute atomic E-state index is 12.3. The summed E-state index contributed by atoms with van der Waals surface area (Å²) >= 11 is 0. The maximum atomic E-state index is 12.3. The smallest absolute Gasteiger partial charge is 0.435 e. The number of para-hydroxylation sites is 1. The Kier molecular flexibility index (Phi) is 4.70. The van der Waals surface area contributed by atoms with Crippen LogP contribution < -0.4 is 5.73 Å². The highest BCUT2D eigenvalue weighted by Crippen LogP contribution is 2.21. The summed E-state index contributed by atoms with van der Waals surface area (Å²) in [5, 5.41) is 5.03. The molecule has 1 heterocycles.